The molecule has 222 valence electrons. The van der Waals surface area contributed by atoms with Gasteiger partial charge in [0, 0.05) is 56.5 Å². The number of carbonyl (C=O) groups is 2. The number of aromatic nitrogens is 2. The van der Waals surface area contributed by atoms with Crippen LogP contribution in [0.2, 0.25) is 0 Å². The maximum atomic E-state index is 13.3. The van der Waals surface area contributed by atoms with E-state index in [1.54, 1.807) is 13.0 Å². The van der Waals surface area contributed by atoms with E-state index in [-0.39, 0.29) is 11.5 Å². The highest BCUT2D eigenvalue weighted by Gasteiger charge is 2.22. The van der Waals surface area contributed by atoms with Crippen LogP contribution in [0.4, 0.5) is 5.69 Å². The molecule has 0 unspecified atom stereocenters. The van der Waals surface area contributed by atoms with Crippen molar-refractivity contribution in [2.24, 2.45) is 5.73 Å². The van der Waals surface area contributed by atoms with E-state index in [0.717, 1.165) is 55.9 Å². The number of nitrogens with two attached hydrogens (primary N) is 1. The van der Waals surface area contributed by atoms with Gasteiger partial charge in [0.1, 0.15) is 5.01 Å². The molecule has 0 aliphatic carbocycles. The molecule has 0 saturated carbocycles. The third-order valence-electron chi connectivity index (χ3n) is 7.12. The topological polar surface area (TPSA) is 116 Å². The Labute approximate surface area is 248 Å². The Bertz CT molecular complexity index is 1280. The molecule has 4 heterocycles. The van der Waals surface area contributed by atoms with Crippen LogP contribution in [0.25, 0.3) is 11.1 Å². The smallest absolute Gasteiger partial charge is 0.260 e. The second kappa shape index (κ2) is 16.1. The van der Waals surface area contributed by atoms with Crippen LogP contribution in [0.15, 0.2) is 42.5 Å². The number of carbonyl (C=O) groups excluding carboxylic acids is 2. The Kier molecular flexibility index (Phi) is 12.6. The molecule has 2 aromatic rings. The van der Waals surface area contributed by atoms with Crippen molar-refractivity contribution in [3.8, 4) is 0 Å². The summed E-state index contributed by atoms with van der Waals surface area (Å²) in [4.78, 5) is 40.5. The first-order valence-corrected chi connectivity index (χ1v) is 15.5. The summed E-state index contributed by atoms with van der Waals surface area (Å²) in [5, 5.41) is 6.38. The molecule has 9 nitrogen and oxygen atoms in total. The van der Waals surface area contributed by atoms with Gasteiger partial charge in [-0.1, -0.05) is 32.9 Å². The number of likely N-dealkylation sites (tertiary alicyclic amines) is 2. The van der Waals surface area contributed by atoms with Crippen molar-refractivity contribution in [2.45, 2.75) is 59.8 Å². The molecule has 0 atom stereocenters. The zero-order valence-corrected chi connectivity index (χ0v) is 25.9. The van der Waals surface area contributed by atoms with Gasteiger partial charge in [-0.05, 0) is 58.2 Å². The van der Waals surface area contributed by atoms with Gasteiger partial charge in [-0.25, -0.2) is 4.98 Å². The van der Waals surface area contributed by atoms with Crippen LogP contribution in [-0.2, 0) is 4.79 Å². The van der Waals surface area contributed by atoms with E-state index in [1.807, 2.05) is 20.0 Å². The summed E-state index contributed by atoms with van der Waals surface area (Å²) in [6.45, 7) is 12.5. The van der Waals surface area contributed by atoms with Gasteiger partial charge in [0.25, 0.3) is 11.8 Å². The lowest BCUT2D eigenvalue weighted by Gasteiger charge is -2.16. The minimum absolute atomic E-state index is 0.214. The second-order valence-electron chi connectivity index (χ2n) is 9.92. The fourth-order valence-electron chi connectivity index (χ4n) is 4.88. The highest BCUT2D eigenvalue weighted by molar-refractivity contribution is 7.14. The molecular weight excluding hydrogens is 534 g/mol. The molecule has 0 bridgehead atoms. The van der Waals surface area contributed by atoms with Crippen molar-refractivity contribution >= 4 is 40.0 Å². The van der Waals surface area contributed by atoms with Gasteiger partial charge in [-0.3, -0.25) is 14.6 Å². The van der Waals surface area contributed by atoms with Gasteiger partial charge in [0.15, 0.2) is 0 Å². The largest absolute Gasteiger partial charge is 0.404 e. The minimum Gasteiger partial charge on any atom is -0.404 e. The maximum Gasteiger partial charge on any atom is 0.260 e. The highest BCUT2D eigenvalue weighted by Crippen LogP contribution is 2.34. The van der Waals surface area contributed by atoms with Crippen molar-refractivity contribution in [3.05, 3.63) is 63.7 Å². The van der Waals surface area contributed by atoms with Crippen LogP contribution in [0.3, 0.4) is 0 Å². The Hall–Kier alpha value is -3.50. The number of pyridine rings is 1. The zero-order valence-electron chi connectivity index (χ0n) is 25.1. The Morgan fingerprint density at radius 1 is 1.12 bits per heavy atom. The monoisotopic (exact) mass is 579 g/mol. The molecule has 2 fully saturated rings. The van der Waals surface area contributed by atoms with E-state index in [2.05, 4.69) is 56.5 Å². The van der Waals surface area contributed by atoms with Gasteiger partial charge in [-0.15, -0.1) is 11.3 Å². The number of nitrogens with one attached hydrogen (secondary N) is 2. The van der Waals surface area contributed by atoms with Crippen LogP contribution < -0.4 is 16.4 Å². The summed E-state index contributed by atoms with van der Waals surface area (Å²) >= 11 is 1.44. The van der Waals surface area contributed by atoms with Crippen LogP contribution >= 0.6 is 11.3 Å². The van der Waals surface area contributed by atoms with Crippen molar-refractivity contribution in [2.75, 3.05) is 45.1 Å². The van der Waals surface area contributed by atoms with Crippen LogP contribution in [-0.4, -0.2) is 71.4 Å². The van der Waals surface area contributed by atoms with Gasteiger partial charge >= 0.3 is 0 Å². The molecule has 2 aliphatic rings. The summed E-state index contributed by atoms with van der Waals surface area (Å²) in [6.07, 6.45) is 14.4. The Balaban J connectivity index is 0.00000226. The van der Waals surface area contributed by atoms with E-state index < -0.39 is 5.91 Å². The Morgan fingerprint density at radius 3 is 2.54 bits per heavy atom. The molecule has 41 heavy (non-hydrogen) atoms. The predicted octanol–water partition coefficient (Wildman–Crippen LogP) is 5.04. The summed E-state index contributed by atoms with van der Waals surface area (Å²) in [5.74, 6) is -0.611. The third kappa shape index (κ3) is 8.50. The van der Waals surface area contributed by atoms with Gasteiger partial charge in [0.05, 0.1) is 27.4 Å². The van der Waals surface area contributed by atoms with E-state index in [0.29, 0.717) is 28.5 Å². The number of hydrogen-bond donors (Lipinski definition) is 3. The number of amides is 2. The summed E-state index contributed by atoms with van der Waals surface area (Å²) in [5.41, 5.74) is 10.1. The van der Waals surface area contributed by atoms with Crippen LogP contribution in [0, 0.1) is 6.92 Å². The Morgan fingerprint density at radius 2 is 1.88 bits per heavy atom. The number of thiazole rings is 1. The molecule has 2 aliphatic heterocycles. The van der Waals surface area contributed by atoms with E-state index in [4.69, 9.17) is 5.73 Å². The predicted molar refractivity (Wildman–Crippen MR) is 169 cm³/mol. The van der Waals surface area contributed by atoms with Crippen molar-refractivity contribution in [1.82, 2.24) is 25.1 Å². The number of rotatable bonds is 10. The number of hydrogen-bond acceptors (Lipinski definition) is 8. The first-order valence-electron chi connectivity index (χ1n) is 14.7. The van der Waals surface area contributed by atoms with E-state index >= 15 is 0 Å². The lowest BCUT2D eigenvalue weighted by atomic mass is 10.1. The average molecular weight is 580 g/mol. The first-order chi connectivity index (χ1) is 19.9. The number of allylic oxidation sites excluding steroid dienone is 4. The molecule has 10 heteroatoms. The van der Waals surface area contributed by atoms with Gasteiger partial charge < -0.3 is 26.2 Å². The average Bonchev–Trinajstić information content (AvgIpc) is 3.76. The normalized spacial score (nSPS) is 17.0. The van der Waals surface area contributed by atoms with Gasteiger partial charge in [-0.2, -0.15) is 0 Å². The molecular formula is C31H45N7O2S. The molecule has 0 spiro atoms. The van der Waals surface area contributed by atoms with Gasteiger partial charge in [0.2, 0.25) is 0 Å². The summed E-state index contributed by atoms with van der Waals surface area (Å²) in [6, 6.07) is 1.65. The fraction of sp³-hybridized carbons (Fsp3) is 0.484. The van der Waals surface area contributed by atoms with Crippen molar-refractivity contribution < 1.29 is 9.59 Å². The first kappa shape index (κ1) is 32.0. The lowest BCUT2D eigenvalue weighted by Crippen LogP contribution is -2.33. The zero-order chi connectivity index (χ0) is 29.8. The standard InChI is InChI=1S/C29H39N7O2S.C2H6/c1-4-5-9-22(25-10-8-12-35(25)3)26-19-33-29(39-26)23(17-30)28(38)34-24-16-21(18-32-20(24)2)27(37)31-11-15-36-13-6-7-14-36;1-2/h5,9,16-19H,4,6-8,10-15,30H2,1-3H3,(H,31,37)(H,34,38);1-2H3/b9-5+,23-17-,25-22+;. The summed E-state index contributed by atoms with van der Waals surface area (Å²) in [7, 11) is 2.11. The fourth-order valence-corrected chi connectivity index (χ4v) is 5.87. The minimum atomic E-state index is -0.397. The third-order valence-corrected chi connectivity index (χ3v) is 8.19. The SMILES string of the molecule is CC.CC/C=C/C(=C1/CCCN1C)c1cnc(/C(=C\N)C(=O)Nc2cc(C(=O)NCCN3CCCC3)cnc2C)s1. The molecule has 2 amide bonds. The number of anilines is 1. The molecule has 2 saturated heterocycles. The number of nitrogens with zero attached hydrogens (tertiary/aromatic N) is 4. The van der Waals surface area contributed by atoms with Crippen molar-refractivity contribution in [3.63, 3.8) is 0 Å². The molecule has 4 N–H and O–H groups in total. The molecule has 0 aromatic carbocycles. The summed E-state index contributed by atoms with van der Waals surface area (Å²) < 4.78 is 0. The number of aryl methyl sites for hydroxylation is 1. The lowest BCUT2D eigenvalue weighted by molar-refractivity contribution is -0.111. The van der Waals surface area contributed by atoms with Crippen LogP contribution in [0.1, 0.15) is 78.8 Å². The second-order valence-corrected chi connectivity index (χ2v) is 11.0. The van der Waals surface area contributed by atoms with E-state index in [1.165, 1.54) is 42.3 Å². The van der Waals surface area contributed by atoms with Crippen LogP contribution in [0.5, 0.6) is 0 Å². The van der Waals surface area contributed by atoms with E-state index in [9.17, 15) is 9.59 Å². The highest BCUT2D eigenvalue weighted by atomic mass is 32.1. The van der Waals surface area contributed by atoms with Crippen molar-refractivity contribution in [1.29, 1.82) is 0 Å². The maximum absolute atomic E-state index is 13.3. The quantitative estimate of drug-likeness (QED) is 0.338. The molecule has 2 aromatic heterocycles. The molecule has 4 rings (SSSR count). The molecule has 0 radical (unpaired) electrons.